The summed E-state index contributed by atoms with van der Waals surface area (Å²) in [4.78, 5) is 26.1. The Morgan fingerprint density at radius 1 is 1.42 bits per heavy atom. The fraction of sp³-hybridized carbons (Fsp3) is 0.235. The lowest BCUT2D eigenvalue weighted by Gasteiger charge is -2.11. The minimum absolute atomic E-state index is 0.0277. The Labute approximate surface area is 139 Å². The van der Waals surface area contributed by atoms with Crippen molar-refractivity contribution >= 4 is 11.4 Å². The molecule has 0 aliphatic carbocycles. The maximum atomic E-state index is 12.1. The molecule has 1 heterocycles. The lowest BCUT2D eigenvalue weighted by atomic mass is 10.1. The van der Waals surface area contributed by atoms with Crippen LogP contribution in [0.25, 0.3) is 0 Å². The van der Waals surface area contributed by atoms with Gasteiger partial charge in [0, 0.05) is 6.54 Å². The van der Waals surface area contributed by atoms with Gasteiger partial charge in [-0.3, -0.25) is 19.8 Å². The molecule has 0 aliphatic heterocycles. The van der Waals surface area contributed by atoms with Gasteiger partial charge in [-0.05, 0) is 25.0 Å². The van der Waals surface area contributed by atoms with Gasteiger partial charge in [0.25, 0.3) is 5.56 Å². The number of nitrogens with one attached hydrogen (secondary N) is 2. The Morgan fingerprint density at radius 3 is 2.75 bits per heavy atom. The molecule has 0 aliphatic rings. The highest BCUT2D eigenvalue weighted by atomic mass is 16.3. The number of aromatic hydroxyl groups is 1. The third kappa shape index (κ3) is 3.45. The topological polar surface area (TPSA) is 99.5 Å². The van der Waals surface area contributed by atoms with Crippen molar-refractivity contribution in [3.05, 3.63) is 68.9 Å². The molecule has 24 heavy (non-hydrogen) atoms. The number of aromatic amines is 1. The lowest BCUT2D eigenvalue weighted by Crippen LogP contribution is -2.33. The predicted molar refractivity (Wildman–Crippen MR) is 94.8 cm³/mol. The zero-order valence-corrected chi connectivity index (χ0v) is 13.7. The fourth-order valence-electron chi connectivity index (χ4n) is 2.26. The van der Waals surface area contributed by atoms with Crippen LogP contribution in [0.4, 0.5) is 5.69 Å². The number of hydrogen-bond acceptors (Lipinski definition) is 5. The standard InChI is InChI=1S/C17H20N4O3/c1-4-10-21-16(23)14(15(22)18-17(21)24)12(5-2)19-20-13-9-7-6-8-11(13)3/h4,6-9,20,23H,1,5,10H2,2-3H3,(H,18,22,24)/b19-12+. The summed E-state index contributed by atoms with van der Waals surface area (Å²) in [5.74, 6) is -0.421. The van der Waals surface area contributed by atoms with Crippen molar-refractivity contribution in [2.24, 2.45) is 5.10 Å². The van der Waals surface area contributed by atoms with E-state index in [4.69, 9.17) is 0 Å². The van der Waals surface area contributed by atoms with Gasteiger partial charge in [-0.15, -0.1) is 6.58 Å². The van der Waals surface area contributed by atoms with E-state index in [-0.39, 0.29) is 12.1 Å². The fourth-order valence-corrected chi connectivity index (χ4v) is 2.26. The Kier molecular flexibility index (Phi) is 5.36. The van der Waals surface area contributed by atoms with Gasteiger partial charge in [0.05, 0.1) is 11.4 Å². The summed E-state index contributed by atoms with van der Waals surface area (Å²) in [6.45, 7) is 7.35. The molecule has 0 spiro atoms. The highest BCUT2D eigenvalue weighted by Crippen LogP contribution is 2.16. The molecule has 7 nitrogen and oxygen atoms in total. The number of anilines is 1. The van der Waals surface area contributed by atoms with Crippen LogP contribution < -0.4 is 16.7 Å². The second-order valence-electron chi connectivity index (χ2n) is 5.20. The van der Waals surface area contributed by atoms with Gasteiger partial charge in [0.1, 0.15) is 5.56 Å². The maximum Gasteiger partial charge on any atom is 0.331 e. The Hall–Kier alpha value is -3.09. The smallest absolute Gasteiger partial charge is 0.331 e. The lowest BCUT2D eigenvalue weighted by molar-refractivity contribution is 0.409. The molecule has 7 heteroatoms. The molecule has 0 amide bonds. The molecule has 0 unspecified atom stereocenters. The zero-order valence-electron chi connectivity index (χ0n) is 13.7. The summed E-state index contributed by atoms with van der Waals surface area (Å²) in [6.07, 6.45) is 1.85. The maximum absolute atomic E-state index is 12.1. The first-order chi connectivity index (χ1) is 11.5. The average molecular weight is 328 g/mol. The van der Waals surface area contributed by atoms with E-state index in [1.165, 1.54) is 6.08 Å². The third-order valence-corrected chi connectivity index (χ3v) is 3.56. The first-order valence-electron chi connectivity index (χ1n) is 7.55. The van der Waals surface area contributed by atoms with Crippen LogP contribution in [0.15, 0.2) is 51.6 Å². The number of para-hydroxylation sites is 1. The number of allylic oxidation sites excluding steroid dienone is 1. The Balaban J connectivity index is 2.51. The number of H-pyrrole nitrogens is 1. The van der Waals surface area contributed by atoms with E-state index in [0.717, 1.165) is 15.8 Å². The van der Waals surface area contributed by atoms with Crippen LogP contribution in [0.1, 0.15) is 24.5 Å². The van der Waals surface area contributed by atoms with Crippen LogP contribution >= 0.6 is 0 Å². The average Bonchev–Trinajstić information content (AvgIpc) is 2.55. The van der Waals surface area contributed by atoms with E-state index in [1.54, 1.807) is 6.92 Å². The molecular weight excluding hydrogens is 308 g/mol. The largest absolute Gasteiger partial charge is 0.494 e. The summed E-state index contributed by atoms with van der Waals surface area (Å²) in [6, 6.07) is 7.56. The van der Waals surface area contributed by atoms with E-state index < -0.39 is 17.1 Å². The number of benzene rings is 1. The first-order valence-corrected chi connectivity index (χ1v) is 7.55. The molecule has 126 valence electrons. The molecule has 0 saturated carbocycles. The summed E-state index contributed by atoms with van der Waals surface area (Å²) in [5, 5.41) is 14.6. The van der Waals surface area contributed by atoms with Crippen LogP contribution in [0.5, 0.6) is 5.88 Å². The summed E-state index contributed by atoms with van der Waals surface area (Å²) in [7, 11) is 0. The van der Waals surface area contributed by atoms with Crippen LogP contribution in [-0.2, 0) is 6.54 Å². The highest BCUT2D eigenvalue weighted by Gasteiger charge is 2.18. The minimum atomic E-state index is -0.691. The molecule has 0 fully saturated rings. The number of aryl methyl sites for hydroxylation is 1. The van der Waals surface area contributed by atoms with Gasteiger partial charge < -0.3 is 5.11 Å². The van der Waals surface area contributed by atoms with Crippen LogP contribution in [0.3, 0.4) is 0 Å². The van der Waals surface area contributed by atoms with Crippen molar-refractivity contribution in [1.29, 1.82) is 0 Å². The molecule has 0 radical (unpaired) electrons. The van der Waals surface area contributed by atoms with Gasteiger partial charge >= 0.3 is 5.69 Å². The van der Waals surface area contributed by atoms with Gasteiger partial charge in [0.2, 0.25) is 5.88 Å². The number of rotatable bonds is 6. The summed E-state index contributed by atoms with van der Waals surface area (Å²) < 4.78 is 1.03. The molecule has 1 aromatic heterocycles. The number of hydrazone groups is 1. The van der Waals surface area contributed by atoms with Crippen molar-refractivity contribution in [3.63, 3.8) is 0 Å². The minimum Gasteiger partial charge on any atom is -0.494 e. The van der Waals surface area contributed by atoms with E-state index in [2.05, 4.69) is 22.1 Å². The molecule has 1 aromatic carbocycles. The van der Waals surface area contributed by atoms with Gasteiger partial charge in [0.15, 0.2) is 0 Å². The summed E-state index contributed by atoms with van der Waals surface area (Å²) in [5.41, 5.74) is 3.63. The predicted octanol–water partition coefficient (Wildman–Crippen LogP) is 1.96. The SMILES string of the molecule is C=CCn1c(O)c(/C(CC)=N/Nc2ccccc2C)c(=O)[nH]c1=O. The monoisotopic (exact) mass is 328 g/mol. The molecule has 0 saturated heterocycles. The molecule has 0 atom stereocenters. The number of hydrogen-bond donors (Lipinski definition) is 3. The normalized spacial score (nSPS) is 11.3. The first kappa shape index (κ1) is 17.3. The molecule has 3 N–H and O–H groups in total. The molecule has 2 rings (SSSR count). The number of aromatic nitrogens is 2. The van der Waals surface area contributed by atoms with Gasteiger partial charge in [-0.25, -0.2) is 4.79 Å². The second kappa shape index (κ2) is 7.45. The van der Waals surface area contributed by atoms with Crippen molar-refractivity contribution in [2.75, 3.05) is 5.43 Å². The van der Waals surface area contributed by atoms with E-state index in [0.29, 0.717) is 12.1 Å². The van der Waals surface area contributed by atoms with E-state index in [9.17, 15) is 14.7 Å². The Morgan fingerprint density at radius 2 is 2.12 bits per heavy atom. The highest BCUT2D eigenvalue weighted by molar-refractivity contribution is 6.02. The van der Waals surface area contributed by atoms with Crippen LogP contribution in [-0.4, -0.2) is 20.4 Å². The number of nitrogens with zero attached hydrogens (tertiary/aromatic N) is 2. The Bertz CT molecular complexity index is 893. The molecular formula is C17H20N4O3. The molecule has 0 bridgehead atoms. The van der Waals surface area contributed by atoms with Crippen molar-refractivity contribution in [2.45, 2.75) is 26.8 Å². The second-order valence-corrected chi connectivity index (χ2v) is 5.20. The van der Waals surface area contributed by atoms with Crippen LogP contribution in [0, 0.1) is 6.92 Å². The van der Waals surface area contributed by atoms with Crippen molar-refractivity contribution in [3.8, 4) is 5.88 Å². The van der Waals surface area contributed by atoms with E-state index >= 15 is 0 Å². The van der Waals surface area contributed by atoms with Gasteiger partial charge in [-0.2, -0.15) is 5.10 Å². The van der Waals surface area contributed by atoms with E-state index in [1.807, 2.05) is 31.2 Å². The zero-order chi connectivity index (χ0) is 17.7. The third-order valence-electron chi connectivity index (χ3n) is 3.56. The van der Waals surface area contributed by atoms with Crippen LogP contribution in [0.2, 0.25) is 0 Å². The van der Waals surface area contributed by atoms with Gasteiger partial charge in [-0.1, -0.05) is 31.2 Å². The summed E-state index contributed by atoms with van der Waals surface area (Å²) >= 11 is 0. The molecule has 2 aromatic rings. The van der Waals surface area contributed by atoms with Crippen molar-refractivity contribution in [1.82, 2.24) is 9.55 Å². The van der Waals surface area contributed by atoms with Crippen molar-refractivity contribution < 1.29 is 5.11 Å². The quantitative estimate of drug-likeness (QED) is 0.429.